The number of anilines is 1. The Morgan fingerprint density at radius 2 is 1.89 bits per heavy atom. The molecule has 0 saturated heterocycles. The Morgan fingerprint density at radius 3 is 2.42 bits per heavy atom. The summed E-state index contributed by atoms with van der Waals surface area (Å²) in [4.78, 5) is 5.39. The third-order valence-electron chi connectivity index (χ3n) is 2.70. The molecule has 0 bridgehead atoms. The first-order chi connectivity index (χ1) is 8.88. The quantitative estimate of drug-likeness (QED) is 0.819. The number of thiazole rings is 1. The molecule has 2 nitrogen and oxygen atoms in total. The third kappa shape index (κ3) is 3.19. The smallest absolute Gasteiger partial charge is 0.180 e. The van der Waals surface area contributed by atoms with Gasteiger partial charge in [-0.25, -0.2) is 9.37 Å². The summed E-state index contributed by atoms with van der Waals surface area (Å²) >= 11 is 13.0. The van der Waals surface area contributed by atoms with Gasteiger partial charge in [0.05, 0.1) is 15.7 Å². The standard InChI is InChI=1S/C13H13Cl2FN2S/c1-6(2)12-10(19-13(17)18-12)5-7-3-8(14)11(16)9(15)4-7/h3-4,6H,5H2,1-2H3,(H2,17,18). The fraction of sp³-hybridized carbons (Fsp3) is 0.308. The van der Waals surface area contributed by atoms with E-state index in [1.54, 1.807) is 12.1 Å². The Morgan fingerprint density at radius 1 is 1.32 bits per heavy atom. The Bertz CT molecular complexity index is 588. The molecule has 0 radical (unpaired) electrons. The molecule has 2 N–H and O–H groups in total. The largest absolute Gasteiger partial charge is 0.375 e. The SMILES string of the molecule is CC(C)c1nc(N)sc1Cc1cc(Cl)c(F)c(Cl)c1. The van der Waals surface area contributed by atoms with Crippen LogP contribution in [-0.4, -0.2) is 4.98 Å². The molecule has 0 atom stereocenters. The molecule has 0 amide bonds. The minimum absolute atomic E-state index is 0.0334. The predicted octanol–water partition coefficient (Wildman–Crippen LogP) is 4.89. The zero-order valence-electron chi connectivity index (χ0n) is 10.5. The van der Waals surface area contributed by atoms with Crippen molar-refractivity contribution in [2.45, 2.75) is 26.2 Å². The molecule has 102 valence electrons. The zero-order valence-corrected chi connectivity index (χ0v) is 12.8. The first-order valence-corrected chi connectivity index (χ1v) is 7.34. The van der Waals surface area contributed by atoms with E-state index in [0.29, 0.717) is 11.6 Å². The van der Waals surface area contributed by atoms with Gasteiger partial charge in [0, 0.05) is 11.3 Å². The van der Waals surface area contributed by atoms with Gasteiger partial charge in [-0.3, -0.25) is 0 Å². The number of hydrogen-bond acceptors (Lipinski definition) is 3. The van der Waals surface area contributed by atoms with Gasteiger partial charge in [0.25, 0.3) is 0 Å². The van der Waals surface area contributed by atoms with Crippen LogP contribution in [0, 0.1) is 5.82 Å². The van der Waals surface area contributed by atoms with E-state index in [2.05, 4.69) is 18.8 Å². The van der Waals surface area contributed by atoms with E-state index in [0.717, 1.165) is 16.1 Å². The van der Waals surface area contributed by atoms with Crippen LogP contribution in [-0.2, 0) is 6.42 Å². The summed E-state index contributed by atoms with van der Waals surface area (Å²) < 4.78 is 13.4. The molecular formula is C13H13Cl2FN2S. The van der Waals surface area contributed by atoms with E-state index < -0.39 is 5.82 Å². The van der Waals surface area contributed by atoms with Gasteiger partial charge in [-0.2, -0.15) is 0 Å². The molecule has 0 fully saturated rings. The molecule has 6 heteroatoms. The first-order valence-electron chi connectivity index (χ1n) is 5.77. The van der Waals surface area contributed by atoms with E-state index in [1.165, 1.54) is 11.3 Å². The fourth-order valence-corrected chi connectivity index (χ4v) is 3.41. The maximum Gasteiger partial charge on any atom is 0.180 e. The average Bonchev–Trinajstić information content (AvgIpc) is 2.67. The lowest BCUT2D eigenvalue weighted by Crippen LogP contribution is -1.96. The van der Waals surface area contributed by atoms with Crippen LogP contribution in [0.25, 0.3) is 0 Å². The van der Waals surface area contributed by atoms with E-state index in [4.69, 9.17) is 28.9 Å². The van der Waals surface area contributed by atoms with E-state index in [1.807, 2.05) is 0 Å². The molecule has 0 aliphatic carbocycles. The lowest BCUT2D eigenvalue weighted by molar-refractivity contribution is 0.628. The Balaban J connectivity index is 2.36. The van der Waals surface area contributed by atoms with Crippen molar-refractivity contribution in [2.75, 3.05) is 5.73 Å². The van der Waals surface area contributed by atoms with Crippen LogP contribution in [0.5, 0.6) is 0 Å². The van der Waals surface area contributed by atoms with Crippen molar-refractivity contribution in [2.24, 2.45) is 0 Å². The second-order valence-electron chi connectivity index (χ2n) is 4.57. The van der Waals surface area contributed by atoms with Crippen molar-refractivity contribution in [1.82, 2.24) is 4.98 Å². The number of hydrogen-bond donors (Lipinski definition) is 1. The first kappa shape index (κ1) is 14.6. The van der Waals surface area contributed by atoms with Gasteiger partial charge >= 0.3 is 0 Å². The molecule has 0 saturated carbocycles. The molecule has 0 spiro atoms. The van der Waals surface area contributed by atoms with Crippen LogP contribution in [0.2, 0.25) is 10.0 Å². The molecule has 0 aliphatic heterocycles. The van der Waals surface area contributed by atoms with Crippen molar-refractivity contribution < 1.29 is 4.39 Å². The second-order valence-corrected chi connectivity index (χ2v) is 6.50. The highest BCUT2D eigenvalue weighted by atomic mass is 35.5. The minimum atomic E-state index is -0.583. The highest BCUT2D eigenvalue weighted by molar-refractivity contribution is 7.15. The van der Waals surface area contributed by atoms with E-state index in [-0.39, 0.29) is 16.0 Å². The van der Waals surface area contributed by atoms with Crippen molar-refractivity contribution in [3.63, 3.8) is 0 Å². The number of nitrogen functional groups attached to an aromatic ring is 1. The second kappa shape index (κ2) is 5.65. The lowest BCUT2D eigenvalue weighted by Gasteiger charge is -2.07. The summed E-state index contributed by atoms with van der Waals surface area (Å²) in [5, 5.41) is 0.607. The van der Waals surface area contributed by atoms with Gasteiger partial charge in [0.1, 0.15) is 0 Å². The van der Waals surface area contributed by atoms with E-state index >= 15 is 0 Å². The van der Waals surface area contributed by atoms with Gasteiger partial charge in [0.2, 0.25) is 0 Å². The molecule has 2 rings (SSSR count). The predicted molar refractivity (Wildman–Crippen MR) is 79.8 cm³/mol. The number of halogens is 3. The third-order valence-corrected chi connectivity index (χ3v) is 4.15. The summed E-state index contributed by atoms with van der Waals surface area (Å²) in [6, 6.07) is 3.17. The van der Waals surface area contributed by atoms with Gasteiger partial charge in [-0.05, 0) is 23.6 Å². The zero-order chi connectivity index (χ0) is 14.2. The Kier molecular flexibility index (Phi) is 4.33. The van der Waals surface area contributed by atoms with E-state index in [9.17, 15) is 4.39 Å². The van der Waals surface area contributed by atoms with Crippen LogP contribution >= 0.6 is 34.5 Å². The molecule has 0 aliphatic rings. The molecular weight excluding hydrogens is 306 g/mol. The molecule has 1 aromatic carbocycles. The number of benzene rings is 1. The van der Waals surface area contributed by atoms with Crippen LogP contribution in [0.4, 0.5) is 9.52 Å². The van der Waals surface area contributed by atoms with Gasteiger partial charge in [-0.1, -0.05) is 37.0 Å². The van der Waals surface area contributed by atoms with Gasteiger partial charge < -0.3 is 5.73 Å². The highest BCUT2D eigenvalue weighted by Gasteiger charge is 2.15. The summed E-state index contributed by atoms with van der Waals surface area (Å²) in [5.74, 6) is -0.296. The highest BCUT2D eigenvalue weighted by Crippen LogP contribution is 2.31. The summed E-state index contributed by atoms with van der Waals surface area (Å²) in [7, 11) is 0. The van der Waals surface area contributed by atoms with Crippen molar-refractivity contribution in [1.29, 1.82) is 0 Å². The monoisotopic (exact) mass is 318 g/mol. The molecule has 1 aromatic heterocycles. The van der Waals surface area contributed by atoms with Crippen molar-refractivity contribution in [3.8, 4) is 0 Å². The maximum absolute atomic E-state index is 13.4. The van der Waals surface area contributed by atoms with Crippen LogP contribution in [0.1, 0.15) is 35.9 Å². The lowest BCUT2D eigenvalue weighted by atomic mass is 10.0. The molecule has 2 aromatic rings. The van der Waals surface area contributed by atoms with Crippen LogP contribution in [0.3, 0.4) is 0 Å². The molecule has 0 unspecified atom stereocenters. The topological polar surface area (TPSA) is 38.9 Å². The number of rotatable bonds is 3. The number of nitrogens with zero attached hydrogens (tertiary/aromatic N) is 1. The minimum Gasteiger partial charge on any atom is -0.375 e. The molecule has 1 heterocycles. The summed E-state index contributed by atoms with van der Waals surface area (Å²) in [6.45, 7) is 4.12. The number of nitrogens with two attached hydrogens (primary N) is 1. The van der Waals surface area contributed by atoms with Crippen molar-refractivity contribution in [3.05, 3.63) is 44.1 Å². The molecule has 19 heavy (non-hydrogen) atoms. The summed E-state index contributed by atoms with van der Waals surface area (Å²) in [6.07, 6.45) is 0.599. The van der Waals surface area contributed by atoms with Gasteiger partial charge in [0.15, 0.2) is 10.9 Å². The maximum atomic E-state index is 13.4. The Hall–Kier alpha value is -0.840. The van der Waals surface area contributed by atoms with Crippen LogP contribution in [0.15, 0.2) is 12.1 Å². The number of aromatic nitrogens is 1. The fourth-order valence-electron chi connectivity index (χ4n) is 1.86. The summed E-state index contributed by atoms with van der Waals surface area (Å²) in [5.41, 5.74) is 7.57. The average molecular weight is 319 g/mol. The van der Waals surface area contributed by atoms with Crippen molar-refractivity contribution >= 4 is 39.7 Å². The normalized spacial score (nSPS) is 11.3. The van der Waals surface area contributed by atoms with Gasteiger partial charge in [-0.15, -0.1) is 11.3 Å². The van der Waals surface area contributed by atoms with Crippen LogP contribution < -0.4 is 5.73 Å². The Labute approximate surface area is 125 Å².